The van der Waals surface area contributed by atoms with Crippen LogP contribution in [0.1, 0.15) is 34.9 Å². The Bertz CT molecular complexity index is 1040. The minimum absolute atomic E-state index is 0.0508. The van der Waals surface area contributed by atoms with Gasteiger partial charge in [0.2, 0.25) is 0 Å². The molecule has 2 fully saturated rings. The second-order valence-electron chi connectivity index (χ2n) is 8.32. The lowest BCUT2D eigenvalue weighted by molar-refractivity contribution is -0.369. The van der Waals surface area contributed by atoms with Crippen LogP contribution < -0.4 is 0 Å². The number of carbonyl (C=O) groups is 1. The number of fused-ring (bicyclic) bond motifs is 1. The summed E-state index contributed by atoms with van der Waals surface area (Å²) < 4.78 is 17.6. The van der Waals surface area contributed by atoms with Crippen molar-refractivity contribution in [2.45, 2.75) is 55.8 Å². The van der Waals surface area contributed by atoms with Crippen molar-refractivity contribution < 1.29 is 54.8 Å². The van der Waals surface area contributed by atoms with Crippen molar-refractivity contribution in [1.82, 2.24) is 0 Å². The fraction of sp³-hybridized carbons (Fsp3) is 0.435. The van der Waals surface area contributed by atoms with Crippen LogP contribution >= 0.6 is 0 Å². The molecule has 4 rings (SSSR count). The Morgan fingerprint density at radius 2 is 1.44 bits per heavy atom. The Labute approximate surface area is 194 Å². The van der Waals surface area contributed by atoms with Crippen LogP contribution in [0, 0.1) is 0 Å². The van der Waals surface area contributed by atoms with Crippen LogP contribution in [-0.2, 0) is 14.2 Å². The average molecular weight is 478 g/mol. The van der Waals surface area contributed by atoms with E-state index in [2.05, 4.69) is 0 Å². The Balaban J connectivity index is 1.57. The summed E-state index contributed by atoms with van der Waals surface area (Å²) in [6, 6.07) is 7.72. The van der Waals surface area contributed by atoms with E-state index in [4.69, 9.17) is 14.2 Å². The quantitative estimate of drug-likeness (QED) is 0.225. The lowest BCUT2D eigenvalue weighted by Crippen LogP contribution is -2.63. The number of phenolic OH excluding ortho intramolecular Hbond substituents is 4. The monoisotopic (exact) mass is 478 g/mol. The Kier molecular flexibility index (Phi) is 6.94. The van der Waals surface area contributed by atoms with E-state index < -0.39 is 61.0 Å². The standard InChI is InChI=1S/C23H26O11/c24-9-18-19(30)20(31)22-23(33-18)32-17(21(34-22)11-2-4-14(27)16(29)8-11)6-5-12(25)10-1-3-13(26)15(28)7-10/h1-4,7-8,17-24,26-31H,5-6,9H2. The summed E-state index contributed by atoms with van der Waals surface area (Å²) in [5.74, 6) is -1.88. The molecular weight excluding hydrogens is 452 g/mol. The van der Waals surface area contributed by atoms with Crippen LogP contribution in [0.4, 0.5) is 0 Å². The number of ether oxygens (including phenoxy) is 3. The molecule has 0 aliphatic carbocycles. The Hall–Kier alpha value is -2.93. The van der Waals surface area contributed by atoms with Crippen molar-refractivity contribution in [2.24, 2.45) is 0 Å². The molecule has 0 bridgehead atoms. The zero-order chi connectivity index (χ0) is 24.6. The van der Waals surface area contributed by atoms with Gasteiger partial charge in [-0.1, -0.05) is 6.07 Å². The predicted molar refractivity (Wildman–Crippen MR) is 113 cm³/mol. The van der Waals surface area contributed by atoms with Crippen molar-refractivity contribution in [2.75, 3.05) is 6.61 Å². The van der Waals surface area contributed by atoms with Gasteiger partial charge in [0.15, 0.2) is 35.1 Å². The van der Waals surface area contributed by atoms with Crippen LogP contribution in [0.25, 0.3) is 0 Å². The van der Waals surface area contributed by atoms with E-state index in [9.17, 15) is 40.5 Å². The van der Waals surface area contributed by atoms with Crippen molar-refractivity contribution in [3.63, 3.8) is 0 Å². The molecule has 0 spiro atoms. The minimum atomic E-state index is -1.44. The smallest absolute Gasteiger partial charge is 0.187 e. The van der Waals surface area contributed by atoms with Gasteiger partial charge in [0.05, 0.1) is 12.7 Å². The fourth-order valence-electron chi connectivity index (χ4n) is 4.16. The number of ketones is 1. The summed E-state index contributed by atoms with van der Waals surface area (Å²) in [7, 11) is 0. The molecule has 2 aliphatic heterocycles. The first-order valence-corrected chi connectivity index (χ1v) is 10.7. The number of rotatable bonds is 6. The van der Waals surface area contributed by atoms with Crippen LogP contribution in [0.5, 0.6) is 23.0 Å². The van der Waals surface area contributed by atoms with Crippen molar-refractivity contribution in [3.05, 3.63) is 47.5 Å². The predicted octanol–water partition coefficient (Wildman–Crippen LogP) is 0.436. The van der Waals surface area contributed by atoms with Crippen molar-refractivity contribution in [3.8, 4) is 23.0 Å². The maximum absolute atomic E-state index is 12.7. The number of phenols is 4. The van der Waals surface area contributed by atoms with Crippen molar-refractivity contribution in [1.29, 1.82) is 0 Å². The maximum Gasteiger partial charge on any atom is 0.187 e. The van der Waals surface area contributed by atoms with E-state index in [1.54, 1.807) is 0 Å². The molecule has 2 aliphatic rings. The van der Waals surface area contributed by atoms with Gasteiger partial charge in [-0.25, -0.2) is 0 Å². The lowest BCUT2D eigenvalue weighted by Gasteiger charge is -2.48. The summed E-state index contributed by atoms with van der Waals surface area (Å²) in [6.45, 7) is -0.562. The number of aliphatic hydroxyl groups is 3. The van der Waals surface area contributed by atoms with Gasteiger partial charge in [0.25, 0.3) is 0 Å². The van der Waals surface area contributed by atoms with Crippen LogP contribution in [-0.4, -0.2) is 84.9 Å². The van der Waals surface area contributed by atoms with Gasteiger partial charge in [-0.3, -0.25) is 4.79 Å². The molecule has 34 heavy (non-hydrogen) atoms. The molecule has 184 valence electrons. The molecule has 2 aromatic rings. The summed E-state index contributed by atoms with van der Waals surface area (Å²) in [6.07, 6.45) is -7.92. The van der Waals surface area contributed by atoms with E-state index >= 15 is 0 Å². The van der Waals surface area contributed by atoms with E-state index in [0.717, 1.165) is 6.07 Å². The first-order chi connectivity index (χ1) is 16.2. The highest BCUT2D eigenvalue weighted by atomic mass is 16.7. The van der Waals surface area contributed by atoms with E-state index in [-0.39, 0.29) is 35.7 Å². The van der Waals surface area contributed by atoms with E-state index in [1.165, 1.54) is 30.3 Å². The van der Waals surface area contributed by atoms with Gasteiger partial charge in [-0.05, 0) is 42.3 Å². The topological polar surface area (TPSA) is 186 Å². The van der Waals surface area contributed by atoms with Crippen LogP contribution in [0.2, 0.25) is 0 Å². The highest BCUT2D eigenvalue weighted by Crippen LogP contribution is 2.41. The highest BCUT2D eigenvalue weighted by Gasteiger charge is 2.51. The molecule has 11 nitrogen and oxygen atoms in total. The number of benzene rings is 2. The van der Waals surface area contributed by atoms with Gasteiger partial charge in [0, 0.05) is 12.0 Å². The van der Waals surface area contributed by atoms with Crippen LogP contribution in [0.15, 0.2) is 36.4 Å². The van der Waals surface area contributed by atoms with E-state index in [0.29, 0.717) is 5.56 Å². The van der Waals surface area contributed by atoms with Crippen molar-refractivity contribution >= 4 is 5.78 Å². The largest absolute Gasteiger partial charge is 0.504 e. The van der Waals surface area contributed by atoms with Gasteiger partial charge >= 0.3 is 0 Å². The number of aliphatic hydroxyl groups excluding tert-OH is 3. The molecule has 0 saturated carbocycles. The number of aromatic hydroxyl groups is 4. The van der Waals surface area contributed by atoms with Crippen LogP contribution in [0.3, 0.4) is 0 Å². The molecular formula is C23H26O11. The van der Waals surface area contributed by atoms with E-state index in [1.807, 2.05) is 0 Å². The molecule has 7 N–H and O–H groups in total. The highest BCUT2D eigenvalue weighted by molar-refractivity contribution is 5.96. The second kappa shape index (κ2) is 9.74. The SMILES string of the molecule is O=C(CCC1OC2OC(CO)C(O)C(O)C2OC1c1ccc(O)c(O)c1)c1ccc(O)c(O)c1. The zero-order valence-corrected chi connectivity index (χ0v) is 17.9. The second-order valence-corrected chi connectivity index (χ2v) is 8.32. The summed E-state index contributed by atoms with van der Waals surface area (Å²) in [5.41, 5.74) is 0.566. The van der Waals surface area contributed by atoms with Gasteiger partial charge in [-0.2, -0.15) is 0 Å². The molecule has 7 atom stereocenters. The third-order valence-corrected chi connectivity index (χ3v) is 6.06. The molecule has 2 aromatic carbocycles. The normalized spacial score (nSPS) is 31.1. The maximum atomic E-state index is 12.7. The number of carbonyl (C=O) groups excluding carboxylic acids is 1. The van der Waals surface area contributed by atoms with Gasteiger partial charge in [-0.15, -0.1) is 0 Å². The van der Waals surface area contributed by atoms with Gasteiger partial charge in [0.1, 0.15) is 30.5 Å². The Morgan fingerprint density at radius 1 is 0.794 bits per heavy atom. The zero-order valence-electron chi connectivity index (χ0n) is 17.9. The number of Topliss-reactive ketones (excluding diaryl/α,β-unsaturated/α-hetero) is 1. The third kappa shape index (κ3) is 4.67. The molecule has 0 radical (unpaired) electrons. The third-order valence-electron chi connectivity index (χ3n) is 6.06. The molecule has 7 unspecified atom stereocenters. The summed E-state index contributed by atoms with van der Waals surface area (Å²) >= 11 is 0. The number of hydrogen-bond acceptors (Lipinski definition) is 11. The molecule has 11 heteroatoms. The first kappa shape index (κ1) is 24.2. The molecule has 2 saturated heterocycles. The first-order valence-electron chi connectivity index (χ1n) is 10.7. The summed E-state index contributed by atoms with van der Waals surface area (Å²) in [4.78, 5) is 12.7. The Morgan fingerprint density at radius 3 is 2.09 bits per heavy atom. The van der Waals surface area contributed by atoms with Gasteiger partial charge < -0.3 is 50.0 Å². The number of hydrogen-bond donors (Lipinski definition) is 7. The minimum Gasteiger partial charge on any atom is -0.504 e. The lowest BCUT2D eigenvalue weighted by atomic mass is 9.93. The molecule has 2 heterocycles. The average Bonchev–Trinajstić information content (AvgIpc) is 2.82. The summed E-state index contributed by atoms with van der Waals surface area (Å²) in [5, 5.41) is 68.8. The fourth-order valence-corrected chi connectivity index (χ4v) is 4.16. The molecule has 0 aromatic heterocycles. The molecule has 0 amide bonds.